The van der Waals surface area contributed by atoms with Gasteiger partial charge in [0.1, 0.15) is 4.21 Å². The molecule has 1 rings (SSSR count). The summed E-state index contributed by atoms with van der Waals surface area (Å²) in [5, 5.41) is 3.32. The number of rotatable bonds is 10. The third kappa shape index (κ3) is 6.06. The van der Waals surface area contributed by atoms with Gasteiger partial charge in [0.2, 0.25) is 10.0 Å². The molecule has 1 atom stereocenters. The van der Waals surface area contributed by atoms with Crippen LogP contribution in [0.3, 0.4) is 0 Å². The van der Waals surface area contributed by atoms with E-state index >= 15 is 0 Å². The third-order valence-electron chi connectivity index (χ3n) is 3.32. The van der Waals surface area contributed by atoms with Crippen molar-refractivity contribution >= 4 is 21.4 Å². The van der Waals surface area contributed by atoms with Crippen molar-refractivity contribution in [2.45, 2.75) is 70.2 Å². The maximum atomic E-state index is 12.4. The molecule has 0 aliphatic carbocycles. The van der Waals surface area contributed by atoms with Crippen LogP contribution in [0, 0.1) is 6.92 Å². The van der Waals surface area contributed by atoms with Crippen LogP contribution in [0.1, 0.15) is 56.9 Å². The van der Waals surface area contributed by atoms with Crippen molar-refractivity contribution in [1.29, 1.82) is 0 Å². The molecule has 0 amide bonds. The minimum absolute atomic E-state index is 0.0148. The summed E-state index contributed by atoms with van der Waals surface area (Å²) >= 11 is 1.37. The van der Waals surface area contributed by atoms with Crippen molar-refractivity contribution in [3.8, 4) is 0 Å². The summed E-state index contributed by atoms with van der Waals surface area (Å²) in [6.07, 6.45) is 4.08. The highest BCUT2D eigenvalue weighted by atomic mass is 32.2. The van der Waals surface area contributed by atoms with Crippen LogP contribution in [0.15, 0.2) is 10.3 Å². The Bertz CT molecular complexity index is 524. The maximum Gasteiger partial charge on any atom is 0.250 e. The van der Waals surface area contributed by atoms with E-state index in [4.69, 9.17) is 0 Å². The van der Waals surface area contributed by atoms with Gasteiger partial charge in [0.05, 0.1) is 0 Å². The predicted octanol–water partition coefficient (Wildman–Crippen LogP) is 3.41. The van der Waals surface area contributed by atoms with E-state index in [9.17, 15) is 8.42 Å². The molecule has 0 aromatic carbocycles. The van der Waals surface area contributed by atoms with E-state index in [1.807, 2.05) is 13.8 Å². The fourth-order valence-electron chi connectivity index (χ4n) is 2.07. The van der Waals surface area contributed by atoms with Crippen LogP contribution in [-0.2, 0) is 16.6 Å². The molecule has 1 aromatic heterocycles. The highest BCUT2D eigenvalue weighted by Crippen LogP contribution is 2.26. The van der Waals surface area contributed by atoms with Crippen LogP contribution in [0.25, 0.3) is 0 Å². The smallest absolute Gasteiger partial charge is 0.250 e. The van der Waals surface area contributed by atoms with E-state index in [2.05, 4.69) is 23.9 Å². The SMILES string of the molecule is CCCCC(C)NS(=O)(=O)c1cc(C)c(CNCCC)s1. The molecular weight excluding hydrogens is 304 g/mol. The zero-order valence-corrected chi connectivity index (χ0v) is 15.2. The molecule has 0 bridgehead atoms. The Balaban J connectivity index is 2.72. The van der Waals surface area contributed by atoms with Gasteiger partial charge >= 0.3 is 0 Å². The van der Waals surface area contributed by atoms with Gasteiger partial charge in [-0.3, -0.25) is 0 Å². The molecule has 1 aromatic rings. The molecule has 0 saturated carbocycles. The Morgan fingerprint density at radius 1 is 1.29 bits per heavy atom. The summed E-state index contributed by atoms with van der Waals surface area (Å²) < 4.78 is 28.0. The number of aryl methyl sites for hydroxylation is 1. The minimum Gasteiger partial charge on any atom is -0.312 e. The first kappa shape index (κ1) is 18.6. The topological polar surface area (TPSA) is 58.2 Å². The lowest BCUT2D eigenvalue weighted by molar-refractivity contribution is 0.535. The van der Waals surface area contributed by atoms with E-state index in [1.54, 1.807) is 6.07 Å². The molecule has 0 radical (unpaired) electrons. The molecule has 0 aliphatic rings. The zero-order valence-electron chi connectivity index (χ0n) is 13.5. The average Bonchev–Trinajstić information content (AvgIpc) is 2.79. The van der Waals surface area contributed by atoms with E-state index in [-0.39, 0.29) is 6.04 Å². The zero-order chi connectivity index (χ0) is 15.9. The van der Waals surface area contributed by atoms with Gasteiger partial charge in [-0.05, 0) is 44.9 Å². The minimum atomic E-state index is -3.38. The summed E-state index contributed by atoms with van der Waals surface area (Å²) in [4.78, 5) is 1.10. The summed E-state index contributed by atoms with van der Waals surface area (Å²) in [6, 6.07) is 1.77. The number of nitrogens with one attached hydrogen (secondary N) is 2. The van der Waals surface area contributed by atoms with Crippen LogP contribution in [0.5, 0.6) is 0 Å². The molecular formula is C15H28N2O2S2. The average molecular weight is 333 g/mol. The number of thiophene rings is 1. The number of sulfonamides is 1. The van der Waals surface area contributed by atoms with Crippen LogP contribution >= 0.6 is 11.3 Å². The summed E-state index contributed by atoms with van der Waals surface area (Å²) in [5.41, 5.74) is 1.05. The number of hydrogen-bond acceptors (Lipinski definition) is 4. The van der Waals surface area contributed by atoms with E-state index in [0.717, 1.165) is 49.2 Å². The van der Waals surface area contributed by atoms with Gasteiger partial charge in [0, 0.05) is 17.5 Å². The first-order valence-electron chi connectivity index (χ1n) is 7.73. The van der Waals surface area contributed by atoms with Gasteiger partial charge in [-0.15, -0.1) is 11.3 Å². The second-order valence-corrected chi connectivity index (χ2v) is 8.59. The highest BCUT2D eigenvalue weighted by molar-refractivity contribution is 7.91. The molecule has 1 unspecified atom stereocenters. The van der Waals surface area contributed by atoms with Gasteiger partial charge < -0.3 is 5.32 Å². The molecule has 21 heavy (non-hydrogen) atoms. The fraction of sp³-hybridized carbons (Fsp3) is 0.733. The van der Waals surface area contributed by atoms with E-state index < -0.39 is 10.0 Å². The van der Waals surface area contributed by atoms with Crippen molar-refractivity contribution in [1.82, 2.24) is 10.0 Å². The molecule has 0 saturated heterocycles. The second kappa shape index (κ2) is 8.88. The highest BCUT2D eigenvalue weighted by Gasteiger charge is 2.20. The van der Waals surface area contributed by atoms with Crippen molar-refractivity contribution in [2.75, 3.05) is 6.54 Å². The quantitative estimate of drug-likeness (QED) is 0.646. The Hall–Kier alpha value is -0.430. The van der Waals surface area contributed by atoms with Crippen molar-refractivity contribution in [3.05, 3.63) is 16.5 Å². The molecule has 4 nitrogen and oxygen atoms in total. The number of hydrogen-bond donors (Lipinski definition) is 2. The van der Waals surface area contributed by atoms with Gasteiger partial charge in [-0.2, -0.15) is 0 Å². The fourth-order valence-corrected chi connectivity index (χ4v) is 4.92. The summed E-state index contributed by atoms with van der Waals surface area (Å²) in [7, 11) is -3.38. The first-order chi connectivity index (χ1) is 9.90. The number of unbranched alkanes of at least 4 members (excludes halogenated alkanes) is 1. The van der Waals surface area contributed by atoms with Gasteiger partial charge in [-0.25, -0.2) is 13.1 Å². The van der Waals surface area contributed by atoms with Gasteiger partial charge in [0.25, 0.3) is 0 Å². The van der Waals surface area contributed by atoms with Gasteiger partial charge in [-0.1, -0.05) is 26.7 Å². The second-order valence-electron chi connectivity index (χ2n) is 5.51. The van der Waals surface area contributed by atoms with Crippen molar-refractivity contribution in [2.24, 2.45) is 0 Å². The van der Waals surface area contributed by atoms with Crippen LogP contribution in [0.4, 0.5) is 0 Å². The Kier molecular flexibility index (Phi) is 7.87. The molecule has 0 aliphatic heterocycles. The van der Waals surface area contributed by atoms with Crippen LogP contribution in [-0.4, -0.2) is 21.0 Å². The molecule has 2 N–H and O–H groups in total. The Morgan fingerprint density at radius 2 is 2.00 bits per heavy atom. The van der Waals surface area contributed by atoms with Crippen molar-refractivity contribution < 1.29 is 8.42 Å². The van der Waals surface area contributed by atoms with E-state index in [0.29, 0.717) is 4.21 Å². The standard InChI is InChI=1S/C15H28N2O2S2/c1-5-7-8-13(4)17-21(18,19)15-10-12(3)14(20-15)11-16-9-6-2/h10,13,16-17H,5-9,11H2,1-4H3. The Labute approximate surface area is 133 Å². The van der Waals surface area contributed by atoms with Crippen molar-refractivity contribution in [3.63, 3.8) is 0 Å². The maximum absolute atomic E-state index is 12.4. The van der Waals surface area contributed by atoms with Crippen LogP contribution < -0.4 is 10.0 Å². The molecule has 6 heteroatoms. The largest absolute Gasteiger partial charge is 0.312 e. The lowest BCUT2D eigenvalue weighted by atomic mass is 10.2. The monoisotopic (exact) mass is 332 g/mol. The van der Waals surface area contributed by atoms with Gasteiger partial charge in [0.15, 0.2) is 0 Å². The molecule has 0 fully saturated rings. The third-order valence-corrected chi connectivity index (χ3v) is 6.62. The first-order valence-corrected chi connectivity index (χ1v) is 10.0. The molecule has 1 heterocycles. The molecule has 0 spiro atoms. The lowest BCUT2D eigenvalue weighted by Gasteiger charge is -2.12. The lowest BCUT2D eigenvalue weighted by Crippen LogP contribution is -2.32. The molecule has 122 valence electrons. The summed E-state index contributed by atoms with van der Waals surface area (Å²) in [6.45, 7) is 9.82. The predicted molar refractivity (Wildman–Crippen MR) is 90.4 cm³/mol. The Morgan fingerprint density at radius 3 is 2.62 bits per heavy atom. The normalized spacial score (nSPS) is 13.5. The van der Waals surface area contributed by atoms with E-state index in [1.165, 1.54) is 11.3 Å². The van der Waals surface area contributed by atoms with Crippen LogP contribution in [0.2, 0.25) is 0 Å². The summed E-state index contributed by atoms with van der Waals surface area (Å²) in [5.74, 6) is 0.